The SMILES string of the molecule is COc1ccc(Cc2c(-c3ccccc3)nc3c(C)cc(Br)cn23)c(C)c1. The Bertz CT molecular complexity index is 1120. The molecule has 0 aliphatic heterocycles. The first-order valence-electron chi connectivity index (χ1n) is 8.93. The highest BCUT2D eigenvalue weighted by atomic mass is 79.9. The fourth-order valence-electron chi connectivity index (χ4n) is 3.49. The van der Waals surface area contributed by atoms with E-state index in [9.17, 15) is 0 Å². The lowest BCUT2D eigenvalue weighted by atomic mass is 10.0. The minimum atomic E-state index is 0.803. The zero-order valence-electron chi connectivity index (χ0n) is 15.7. The van der Waals surface area contributed by atoms with Gasteiger partial charge in [-0.1, -0.05) is 36.4 Å². The quantitative estimate of drug-likeness (QED) is 0.405. The molecule has 2 heterocycles. The lowest BCUT2D eigenvalue weighted by molar-refractivity contribution is 0.414. The first-order valence-corrected chi connectivity index (χ1v) is 9.72. The van der Waals surface area contributed by atoms with Gasteiger partial charge in [-0.25, -0.2) is 4.98 Å². The average molecular weight is 421 g/mol. The number of benzene rings is 2. The van der Waals surface area contributed by atoms with Gasteiger partial charge in [0.1, 0.15) is 11.4 Å². The average Bonchev–Trinajstić information content (AvgIpc) is 3.03. The van der Waals surface area contributed by atoms with E-state index in [0.717, 1.165) is 39.1 Å². The van der Waals surface area contributed by atoms with E-state index < -0.39 is 0 Å². The number of pyridine rings is 1. The van der Waals surface area contributed by atoms with Crippen LogP contribution in [-0.2, 0) is 6.42 Å². The molecule has 27 heavy (non-hydrogen) atoms. The van der Waals surface area contributed by atoms with Crippen LogP contribution in [-0.4, -0.2) is 16.5 Å². The molecule has 2 aromatic carbocycles. The highest BCUT2D eigenvalue weighted by molar-refractivity contribution is 9.10. The van der Waals surface area contributed by atoms with E-state index in [4.69, 9.17) is 9.72 Å². The molecule has 0 radical (unpaired) electrons. The Morgan fingerprint density at radius 1 is 1.00 bits per heavy atom. The minimum absolute atomic E-state index is 0.803. The number of aromatic nitrogens is 2. The highest BCUT2D eigenvalue weighted by Crippen LogP contribution is 2.30. The van der Waals surface area contributed by atoms with E-state index in [2.05, 4.69) is 82.8 Å². The van der Waals surface area contributed by atoms with Gasteiger partial charge in [-0.05, 0) is 64.7 Å². The topological polar surface area (TPSA) is 26.5 Å². The maximum Gasteiger partial charge on any atom is 0.140 e. The highest BCUT2D eigenvalue weighted by Gasteiger charge is 2.17. The third-order valence-electron chi connectivity index (χ3n) is 4.92. The second kappa shape index (κ2) is 7.20. The van der Waals surface area contributed by atoms with Crippen molar-refractivity contribution in [2.75, 3.05) is 7.11 Å². The third kappa shape index (κ3) is 3.37. The van der Waals surface area contributed by atoms with Crippen LogP contribution in [0.15, 0.2) is 65.3 Å². The Hall–Kier alpha value is -2.59. The number of halogens is 1. The predicted molar refractivity (Wildman–Crippen MR) is 114 cm³/mol. The molecular formula is C23H21BrN2O. The molecule has 0 fully saturated rings. The smallest absolute Gasteiger partial charge is 0.140 e. The van der Waals surface area contributed by atoms with Crippen molar-refractivity contribution in [1.82, 2.24) is 9.38 Å². The minimum Gasteiger partial charge on any atom is -0.497 e. The van der Waals surface area contributed by atoms with Crippen molar-refractivity contribution < 1.29 is 4.74 Å². The number of aryl methyl sites for hydroxylation is 2. The number of hydrogen-bond donors (Lipinski definition) is 0. The van der Waals surface area contributed by atoms with Crippen molar-refractivity contribution in [3.05, 3.63) is 87.7 Å². The second-order valence-electron chi connectivity index (χ2n) is 6.78. The molecule has 3 nitrogen and oxygen atoms in total. The number of rotatable bonds is 4. The molecule has 0 amide bonds. The van der Waals surface area contributed by atoms with E-state index >= 15 is 0 Å². The van der Waals surface area contributed by atoms with E-state index in [-0.39, 0.29) is 0 Å². The summed E-state index contributed by atoms with van der Waals surface area (Å²) in [6, 6.07) is 18.8. The van der Waals surface area contributed by atoms with Crippen molar-refractivity contribution in [3.8, 4) is 17.0 Å². The molecule has 4 rings (SSSR count). The van der Waals surface area contributed by atoms with Crippen LogP contribution in [0.25, 0.3) is 16.9 Å². The standard InChI is InChI=1S/C23H21BrN2O/c1-15-12-20(27-3)10-9-18(15)13-21-22(17-7-5-4-6-8-17)25-23-16(2)11-19(24)14-26(21)23/h4-12,14H,13H2,1-3H3. The van der Waals surface area contributed by atoms with Gasteiger partial charge in [0.2, 0.25) is 0 Å². The van der Waals surface area contributed by atoms with Crippen LogP contribution < -0.4 is 4.74 Å². The van der Waals surface area contributed by atoms with Crippen molar-refractivity contribution >= 4 is 21.6 Å². The van der Waals surface area contributed by atoms with Gasteiger partial charge < -0.3 is 9.14 Å². The van der Waals surface area contributed by atoms with Crippen molar-refractivity contribution in [2.24, 2.45) is 0 Å². The van der Waals surface area contributed by atoms with Gasteiger partial charge in [0.05, 0.1) is 18.5 Å². The first kappa shape index (κ1) is 17.8. The molecule has 0 aliphatic carbocycles. The number of imidazole rings is 1. The molecular weight excluding hydrogens is 400 g/mol. The summed E-state index contributed by atoms with van der Waals surface area (Å²) in [5, 5.41) is 0. The molecule has 0 spiro atoms. The van der Waals surface area contributed by atoms with Crippen molar-refractivity contribution in [3.63, 3.8) is 0 Å². The Balaban J connectivity index is 1.92. The molecule has 0 bridgehead atoms. The summed E-state index contributed by atoms with van der Waals surface area (Å²) in [6.45, 7) is 4.23. The zero-order valence-corrected chi connectivity index (χ0v) is 17.2. The summed E-state index contributed by atoms with van der Waals surface area (Å²) in [5.74, 6) is 0.885. The second-order valence-corrected chi connectivity index (χ2v) is 7.69. The summed E-state index contributed by atoms with van der Waals surface area (Å²) in [6.07, 6.45) is 2.91. The molecule has 4 heteroatoms. The Morgan fingerprint density at radius 3 is 2.48 bits per heavy atom. The van der Waals surface area contributed by atoms with Crippen LogP contribution in [0, 0.1) is 13.8 Å². The normalized spacial score (nSPS) is 11.1. The van der Waals surface area contributed by atoms with Crippen LogP contribution >= 0.6 is 15.9 Å². The fraction of sp³-hybridized carbons (Fsp3) is 0.174. The summed E-state index contributed by atoms with van der Waals surface area (Å²) >= 11 is 3.64. The summed E-state index contributed by atoms with van der Waals surface area (Å²) in [7, 11) is 1.70. The largest absolute Gasteiger partial charge is 0.497 e. The van der Waals surface area contributed by atoms with Crippen LogP contribution in [0.5, 0.6) is 5.75 Å². The van der Waals surface area contributed by atoms with E-state index in [0.29, 0.717) is 0 Å². The molecule has 0 unspecified atom stereocenters. The van der Waals surface area contributed by atoms with Gasteiger partial charge in [0, 0.05) is 22.7 Å². The third-order valence-corrected chi connectivity index (χ3v) is 5.36. The maximum atomic E-state index is 5.36. The summed E-state index contributed by atoms with van der Waals surface area (Å²) in [5.41, 5.74) is 8.00. The zero-order chi connectivity index (χ0) is 19.0. The lowest BCUT2D eigenvalue weighted by Crippen LogP contribution is -2.00. The van der Waals surface area contributed by atoms with Crippen molar-refractivity contribution in [1.29, 1.82) is 0 Å². The van der Waals surface area contributed by atoms with Crippen LogP contribution in [0.2, 0.25) is 0 Å². The van der Waals surface area contributed by atoms with E-state index in [1.54, 1.807) is 7.11 Å². The van der Waals surface area contributed by atoms with Gasteiger partial charge in [0.15, 0.2) is 0 Å². The number of hydrogen-bond acceptors (Lipinski definition) is 2. The molecule has 0 N–H and O–H groups in total. The monoisotopic (exact) mass is 420 g/mol. The van der Waals surface area contributed by atoms with Crippen LogP contribution in [0.3, 0.4) is 0 Å². The first-order chi connectivity index (χ1) is 13.1. The summed E-state index contributed by atoms with van der Waals surface area (Å²) < 4.78 is 8.62. The van der Waals surface area contributed by atoms with Gasteiger partial charge in [0.25, 0.3) is 0 Å². The molecule has 4 aromatic rings. The van der Waals surface area contributed by atoms with Crippen LogP contribution in [0.1, 0.15) is 22.4 Å². The number of methoxy groups -OCH3 is 1. The fourth-order valence-corrected chi connectivity index (χ4v) is 4.03. The lowest BCUT2D eigenvalue weighted by Gasteiger charge is -2.10. The maximum absolute atomic E-state index is 5.36. The van der Waals surface area contributed by atoms with Gasteiger partial charge in [-0.15, -0.1) is 0 Å². The molecule has 0 saturated carbocycles. The Kier molecular flexibility index (Phi) is 4.75. The molecule has 2 aromatic heterocycles. The number of fused-ring (bicyclic) bond motifs is 1. The summed E-state index contributed by atoms with van der Waals surface area (Å²) in [4.78, 5) is 5.00. The van der Waals surface area contributed by atoms with Gasteiger partial charge in [-0.3, -0.25) is 0 Å². The predicted octanol–water partition coefficient (Wildman–Crippen LogP) is 5.98. The van der Waals surface area contributed by atoms with E-state index in [1.807, 2.05) is 12.1 Å². The van der Waals surface area contributed by atoms with Gasteiger partial charge >= 0.3 is 0 Å². The van der Waals surface area contributed by atoms with Crippen molar-refractivity contribution in [2.45, 2.75) is 20.3 Å². The van der Waals surface area contributed by atoms with E-state index in [1.165, 1.54) is 16.8 Å². The number of nitrogens with zero attached hydrogens (tertiary/aromatic N) is 2. The molecule has 0 aliphatic rings. The molecule has 0 saturated heterocycles. The number of ether oxygens (including phenoxy) is 1. The molecule has 0 atom stereocenters. The van der Waals surface area contributed by atoms with Gasteiger partial charge in [-0.2, -0.15) is 0 Å². The van der Waals surface area contributed by atoms with Crippen LogP contribution in [0.4, 0.5) is 0 Å². The Morgan fingerprint density at radius 2 is 1.78 bits per heavy atom. The Labute approximate surface area is 167 Å². The molecule has 136 valence electrons.